The van der Waals surface area contributed by atoms with E-state index in [-0.39, 0.29) is 11.0 Å². The van der Waals surface area contributed by atoms with E-state index in [1.807, 2.05) is 6.20 Å². The van der Waals surface area contributed by atoms with Crippen molar-refractivity contribution in [1.82, 2.24) is 4.98 Å². The fourth-order valence-corrected chi connectivity index (χ4v) is 11.4. The normalized spacial score (nSPS) is 18.7. The Kier molecular flexibility index (Phi) is 7.02. The monoisotopic (exact) mass is 691 g/mol. The summed E-state index contributed by atoms with van der Waals surface area (Å²) in [5, 5.41) is 5.33. The number of pyridine rings is 2. The zero-order valence-corrected chi connectivity index (χ0v) is 32.5. The average molecular weight is 692 g/mol. The maximum Gasteiger partial charge on any atom is 0.222 e. The van der Waals surface area contributed by atoms with Crippen molar-refractivity contribution >= 4 is 21.5 Å². The molecule has 2 heteroatoms. The molecule has 0 amide bonds. The van der Waals surface area contributed by atoms with Gasteiger partial charge >= 0.3 is 0 Å². The van der Waals surface area contributed by atoms with Crippen molar-refractivity contribution in [2.75, 3.05) is 0 Å². The van der Waals surface area contributed by atoms with Crippen molar-refractivity contribution < 1.29 is 4.57 Å². The highest BCUT2D eigenvalue weighted by atomic mass is 15.1. The number of allylic oxidation sites excluding steroid dienone is 4. The largest absolute Gasteiger partial charge is 0.264 e. The van der Waals surface area contributed by atoms with Gasteiger partial charge in [0.1, 0.15) is 0 Å². The number of hydrogen-bond acceptors (Lipinski definition) is 1. The van der Waals surface area contributed by atoms with Gasteiger partial charge in [-0.2, -0.15) is 4.57 Å². The number of fused-ring (bicyclic) bond motifs is 11. The number of aromatic nitrogens is 2. The van der Waals surface area contributed by atoms with Crippen LogP contribution in [0.1, 0.15) is 114 Å². The summed E-state index contributed by atoms with van der Waals surface area (Å²) < 4.78 is 2.74. The lowest BCUT2D eigenvalue weighted by atomic mass is 9.60. The van der Waals surface area contributed by atoms with Crippen LogP contribution in [-0.2, 0) is 16.4 Å². The predicted molar refractivity (Wildman–Crippen MR) is 220 cm³/mol. The summed E-state index contributed by atoms with van der Waals surface area (Å²) in [6.45, 7) is 16.6. The summed E-state index contributed by atoms with van der Waals surface area (Å²) >= 11 is 0. The molecule has 0 saturated heterocycles. The van der Waals surface area contributed by atoms with Crippen LogP contribution in [0.15, 0.2) is 121 Å². The van der Waals surface area contributed by atoms with Crippen LogP contribution < -0.4 is 4.57 Å². The SMILES string of the molecule is CCC(CC)C1=CC2(CC(C(CC)CC)=C1)c1c3c(cc4ccncc14)C1(c4ccccc4-c4ccccc41)c1cc(C(C)(C)C)cc4cc[n+]2c-3c14. The van der Waals surface area contributed by atoms with E-state index in [1.165, 1.54) is 82.9 Å². The first-order valence-electron chi connectivity index (χ1n) is 20.3. The average Bonchev–Trinajstić information content (AvgIpc) is 3.62. The Bertz CT molecular complexity index is 2540. The molecular weight excluding hydrogens is 641 g/mol. The predicted octanol–water partition coefficient (Wildman–Crippen LogP) is 12.5. The van der Waals surface area contributed by atoms with Crippen LogP contribution in [-0.4, -0.2) is 4.98 Å². The van der Waals surface area contributed by atoms with Gasteiger partial charge in [0.15, 0.2) is 6.20 Å². The van der Waals surface area contributed by atoms with E-state index in [1.54, 1.807) is 5.57 Å². The van der Waals surface area contributed by atoms with Crippen LogP contribution in [0.3, 0.4) is 0 Å². The van der Waals surface area contributed by atoms with E-state index in [2.05, 4.69) is 156 Å². The van der Waals surface area contributed by atoms with Crippen molar-refractivity contribution in [3.05, 3.63) is 154 Å². The lowest BCUT2D eigenvalue weighted by molar-refractivity contribution is -0.725. The topological polar surface area (TPSA) is 16.8 Å². The van der Waals surface area contributed by atoms with Crippen LogP contribution in [0.5, 0.6) is 0 Å². The summed E-state index contributed by atoms with van der Waals surface area (Å²) in [6.07, 6.45) is 17.6. The first-order chi connectivity index (χ1) is 25.7. The van der Waals surface area contributed by atoms with Gasteiger partial charge in [0.25, 0.3) is 0 Å². The van der Waals surface area contributed by atoms with E-state index in [9.17, 15) is 0 Å². The van der Waals surface area contributed by atoms with E-state index in [0.29, 0.717) is 11.8 Å². The standard InChI is InChI=1S/C51H51N2/c1-8-31(9-2)35-24-36(32(10-3)11-4)29-50(28-35)47-40-30-52-22-20-33(40)26-43-46(47)48-45-34(21-23-53(48)50)25-37(49(5,6)7)27-44(45)51(43)41-18-14-12-16-38(41)39-17-13-15-19-42(39)51/h12-28,30-32H,8-11,29H2,1-7H3/q+1. The maximum atomic E-state index is 4.87. The minimum atomic E-state index is -0.462. The summed E-state index contributed by atoms with van der Waals surface area (Å²) in [7, 11) is 0. The third-order valence-corrected chi connectivity index (χ3v) is 13.9. The van der Waals surface area contributed by atoms with Crippen molar-refractivity contribution in [3.8, 4) is 22.4 Å². The molecule has 1 atom stereocenters. The molecule has 264 valence electrons. The second-order valence-electron chi connectivity index (χ2n) is 17.4. The van der Waals surface area contributed by atoms with E-state index >= 15 is 0 Å². The lowest BCUT2D eigenvalue weighted by Crippen LogP contribution is -2.55. The first-order valence-corrected chi connectivity index (χ1v) is 20.3. The van der Waals surface area contributed by atoms with Gasteiger partial charge in [0.2, 0.25) is 11.2 Å². The van der Waals surface area contributed by atoms with Crippen LogP contribution in [0.4, 0.5) is 0 Å². The fraction of sp³-hybridized carbons (Fsp3) is 0.333. The Labute approximate surface area is 315 Å². The third-order valence-electron chi connectivity index (χ3n) is 13.9. The highest BCUT2D eigenvalue weighted by molar-refractivity contribution is 6.09. The van der Waals surface area contributed by atoms with E-state index in [0.717, 1.165) is 32.1 Å². The molecule has 4 aliphatic rings. The molecule has 2 nitrogen and oxygen atoms in total. The Hall–Kier alpha value is -4.82. The van der Waals surface area contributed by atoms with Crippen molar-refractivity contribution in [2.45, 2.75) is 96.9 Å². The molecule has 4 aromatic carbocycles. The van der Waals surface area contributed by atoms with E-state index < -0.39 is 5.41 Å². The van der Waals surface area contributed by atoms with Gasteiger partial charge in [0.05, 0.1) is 21.9 Å². The van der Waals surface area contributed by atoms with Crippen LogP contribution in [0, 0.1) is 11.8 Å². The highest BCUT2D eigenvalue weighted by Crippen LogP contribution is 2.65. The molecule has 2 aromatic heterocycles. The number of hydrogen-bond donors (Lipinski definition) is 0. The van der Waals surface area contributed by atoms with Gasteiger partial charge in [-0.05, 0) is 116 Å². The molecule has 0 fully saturated rings. The summed E-state index contributed by atoms with van der Waals surface area (Å²) in [6, 6.07) is 31.0. The molecule has 2 spiro atoms. The highest BCUT2D eigenvalue weighted by Gasteiger charge is 2.61. The zero-order chi connectivity index (χ0) is 36.4. The number of nitrogens with zero attached hydrogens (tertiary/aromatic N) is 2. The molecule has 0 saturated carbocycles. The van der Waals surface area contributed by atoms with Crippen LogP contribution in [0.2, 0.25) is 0 Å². The van der Waals surface area contributed by atoms with E-state index in [4.69, 9.17) is 4.98 Å². The minimum Gasteiger partial charge on any atom is -0.264 e. The molecule has 1 aliphatic heterocycles. The van der Waals surface area contributed by atoms with Crippen molar-refractivity contribution in [1.29, 1.82) is 0 Å². The third kappa shape index (κ3) is 4.10. The zero-order valence-electron chi connectivity index (χ0n) is 32.5. The molecule has 3 heterocycles. The van der Waals surface area contributed by atoms with Gasteiger partial charge < -0.3 is 0 Å². The van der Waals surface area contributed by atoms with Gasteiger partial charge in [-0.15, -0.1) is 0 Å². The Morgan fingerprint density at radius 1 is 0.736 bits per heavy atom. The quantitative estimate of drug-likeness (QED) is 0.159. The maximum absolute atomic E-state index is 4.87. The molecule has 0 bridgehead atoms. The Morgan fingerprint density at radius 2 is 1.42 bits per heavy atom. The second-order valence-corrected chi connectivity index (χ2v) is 17.4. The molecule has 53 heavy (non-hydrogen) atoms. The minimum absolute atomic E-state index is 0.0112. The summed E-state index contributed by atoms with van der Waals surface area (Å²) in [5.41, 5.74) is 16.4. The molecule has 1 unspecified atom stereocenters. The van der Waals surface area contributed by atoms with Crippen molar-refractivity contribution in [3.63, 3.8) is 0 Å². The Morgan fingerprint density at radius 3 is 2.08 bits per heavy atom. The molecule has 0 radical (unpaired) electrons. The molecule has 0 N–H and O–H groups in total. The number of benzene rings is 4. The smallest absolute Gasteiger partial charge is 0.222 e. The van der Waals surface area contributed by atoms with Crippen LogP contribution >= 0.6 is 0 Å². The Balaban J connectivity index is 1.45. The first kappa shape index (κ1) is 32.8. The molecule has 3 aliphatic carbocycles. The lowest BCUT2D eigenvalue weighted by Gasteiger charge is -2.39. The second kappa shape index (κ2) is 11.3. The van der Waals surface area contributed by atoms with Crippen LogP contribution in [0.25, 0.3) is 43.9 Å². The number of rotatable bonds is 6. The van der Waals surface area contributed by atoms with Gasteiger partial charge in [0, 0.05) is 30.3 Å². The summed E-state index contributed by atoms with van der Waals surface area (Å²) in [5.74, 6) is 1.08. The van der Waals surface area contributed by atoms with Gasteiger partial charge in [-0.3, -0.25) is 4.98 Å². The van der Waals surface area contributed by atoms with Gasteiger partial charge in [-0.25, -0.2) is 0 Å². The summed E-state index contributed by atoms with van der Waals surface area (Å²) in [4.78, 5) is 4.87. The molecule has 6 aromatic rings. The van der Waals surface area contributed by atoms with Crippen molar-refractivity contribution in [2.24, 2.45) is 11.8 Å². The molecular formula is C51H51N2+. The fourth-order valence-electron chi connectivity index (χ4n) is 11.4. The molecule has 10 rings (SSSR count). The van der Waals surface area contributed by atoms with Gasteiger partial charge in [-0.1, -0.05) is 121 Å².